The maximum absolute atomic E-state index is 4.35. The van der Waals surface area contributed by atoms with Gasteiger partial charge in [0.15, 0.2) is 0 Å². The fraction of sp³-hybridized carbons (Fsp3) is 0.762. The highest BCUT2D eigenvalue weighted by molar-refractivity contribution is 8.93. The van der Waals surface area contributed by atoms with Crippen LogP contribution in [0.2, 0.25) is 0 Å². The van der Waals surface area contributed by atoms with Crippen molar-refractivity contribution < 1.29 is 0 Å². The van der Waals surface area contributed by atoms with E-state index < -0.39 is 0 Å². The van der Waals surface area contributed by atoms with Crippen molar-refractivity contribution in [2.24, 2.45) is 0 Å². The molecule has 3 N–H and O–H groups in total. The third kappa shape index (κ3) is 12.0. The number of pyridine rings is 1. The number of rotatable bonds is 13. The molecule has 1 aromatic heterocycles. The standard InChI is InChI=1S/C21H37N.BrH.H3N/c1-4-5-6-7-8-9-10-11-12-13-14-15-16-21-17-18-22-20(3)19(21)2;;/h17-18H,4-16H2,1-3H3;1H;1H3. The lowest BCUT2D eigenvalue weighted by Gasteiger charge is -2.07. The van der Waals surface area contributed by atoms with E-state index in [9.17, 15) is 0 Å². The zero-order chi connectivity index (χ0) is 16.0. The Morgan fingerprint density at radius 2 is 1.21 bits per heavy atom. The second kappa shape index (κ2) is 17.4. The van der Waals surface area contributed by atoms with Gasteiger partial charge >= 0.3 is 0 Å². The summed E-state index contributed by atoms with van der Waals surface area (Å²) < 4.78 is 0. The Hall–Kier alpha value is -0.410. The van der Waals surface area contributed by atoms with Gasteiger partial charge in [-0.15, -0.1) is 17.0 Å². The summed E-state index contributed by atoms with van der Waals surface area (Å²) in [6.45, 7) is 6.61. The second-order valence-electron chi connectivity index (χ2n) is 6.82. The van der Waals surface area contributed by atoms with Gasteiger partial charge in [0.2, 0.25) is 0 Å². The average molecular weight is 401 g/mol. The summed E-state index contributed by atoms with van der Waals surface area (Å²) >= 11 is 0. The van der Waals surface area contributed by atoms with Crippen LogP contribution in [0.25, 0.3) is 0 Å². The third-order valence-electron chi connectivity index (χ3n) is 4.87. The molecule has 0 saturated carbocycles. The first-order valence-corrected chi connectivity index (χ1v) is 9.66. The lowest BCUT2D eigenvalue weighted by atomic mass is 10.0. The Morgan fingerprint density at radius 3 is 1.71 bits per heavy atom. The van der Waals surface area contributed by atoms with Crippen LogP contribution in [-0.2, 0) is 6.42 Å². The minimum atomic E-state index is 0. The summed E-state index contributed by atoms with van der Waals surface area (Å²) in [6, 6.07) is 2.20. The zero-order valence-corrected chi connectivity index (χ0v) is 18.1. The van der Waals surface area contributed by atoms with Crippen molar-refractivity contribution in [3.63, 3.8) is 0 Å². The van der Waals surface area contributed by atoms with E-state index in [-0.39, 0.29) is 23.1 Å². The van der Waals surface area contributed by atoms with Crippen molar-refractivity contribution in [1.29, 1.82) is 0 Å². The van der Waals surface area contributed by atoms with Gasteiger partial charge in [0, 0.05) is 11.9 Å². The first-order chi connectivity index (χ1) is 10.8. The van der Waals surface area contributed by atoms with Crippen molar-refractivity contribution in [3.05, 3.63) is 29.1 Å². The van der Waals surface area contributed by atoms with Gasteiger partial charge in [0.25, 0.3) is 0 Å². The summed E-state index contributed by atoms with van der Waals surface area (Å²) in [7, 11) is 0. The highest BCUT2D eigenvalue weighted by Gasteiger charge is 2.01. The molecule has 24 heavy (non-hydrogen) atoms. The fourth-order valence-corrected chi connectivity index (χ4v) is 3.12. The number of aryl methyl sites for hydroxylation is 2. The minimum absolute atomic E-state index is 0. The number of nitrogens with zero attached hydrogens (tertiary/aromatic N) is 1. The number of aromatic nitrogens is 1. The molecule has 0 bridgehead atoms. The molecule has 0 amide bonds. The van der Waals surface area contributed by atoms with Gasteiger partial charge in [-0.3, -0.25) is 4.98 Å². The van der Waals surface area contributed by atoms with Crippen molar-refractivity contribution in [3.8, 4) is 0 Å². The quantitative estimate of drug-likeness (QED) is 0.345. The van der Waals surface area contributed by atoms with Crippen LogP contribution >= 0.6 is 17.0 Å². The van der Waals surface area contributed by atoms with Crippen LogP contribution < -0.4 is 6.15 Å². The van der Waals surface area contributed by atoms with Gasteiger partial charge in [-0.1, -0.05) is 77.6 Å². The molecular weight excluding hydrogens is 360 g/mol. The van der Waals surface area contributed by atoms with Crippen LogP contribution in [0.15, 0.2) is 12.3 Å². The lowest BCUT2D eigenvalue weighted by Crippen LogP contribution is -1.95. The Labute approximate surface area is 161 Å². The number of unbranched alkanes of at least 4 members (excludes halogenated alkanes) is 11. The third-order valence-corrected chi connectivity index (χ3v) is 4.87. The fourth-order valence-electron chi connectivity index (χ4n) is 3.12. The second-order valence-corrected chi connectivity index (χ2v) is 6.82. The molecule has 1 heterocycles. The van der Waals surface area contributed by atoms with Crippen LogP contribution in [0, 0.1) is 13.8 Å². The predicted octanol–water partition coefficient (Wildman–Crippen LogP) is 7.68. The van der Waals surface area contributed by atoms with Crippen molar-refractivity contribution in [2.45, 2.75) is 104 Å². The van der Waals surface area contributed by atoms with E-state index in [4.69, 9.17) is 0 Å². The summed E-state index contributed by atoms with van der Waals surface area (Å²) in [6.07, 6.45) is 20.3. The molecule has 0 aliphatic rings. The van der Waals surface area contributed by atoms with E-state index in [0.717, 1.165) is 0 Å². The van der Waals surface area contributed by atoms with Crippen molar-refractivity contribution >= 4 is 17.0 Å². The van der Waals surface area contributed by atoms with Gasteiger partial charge < -0.3 is 6.15 Å². The smallest absolute Gasteiger partial charge is 0.0404 e. The molecule has 0 unspecified atom stereocenters. The first kappa shape index (κ1) is 25.8. The Morgan fingerprint density at radius 1 is 0.750 bits per heavy atom. The topological polar surface area (TPSA) is 47.9 Å². The molecule has 0 aromatic carbocycles. The van der Waals surface area contributed by atoms with Crippen LogP contribution in [-0.4, -0.2) is 4.98 Å². The van der Waals surface area contributed by atoms with Crippen LogP contribution in [0.5, 0.6) is 0 Å². The Balaban J connectivity index is 0. The molecule has 1 rings (SSSR count). The molecule has 0 aliphatic heterocycles. The summed E-state index contributed by atoms with van der Waals surface area (Å²) in [5, 5.41) is 0. The number of hydrogen-bond donors (Lipinski definition) is 1. The molecule has 0 fully saturated rings. The summed E-state index contributed by atoms with van der Waals surface area (Å²) in [4.78, 5) is 4.35. The highest BCUT2D eigenvalue weighted by Crippen LogP contribution is 2.15. The molecule has 0 saturated heterocycles. The van der Waals surface area contributed by atoms with Crippen molar-refractivity contribution in [2.75, 3.05) is 0 Å². The van der Waals surface area contributed by atoms with Crippen LogP contribution in [0.1, 0.15) is 101 Å². The Bertz CT molecular complexity index is 393. The molecule has 0 atom stereocenters. The van der Waals surface area contributed by atoms with Gasteiger partial charge in [0.1, 0.15) is 0 Å². The average Bonchev–Trinajstić information content (AvgIpc) is 2.52. The number of hydrogen-bond acceptors (Lipinski definition) is 2. The molecule has 0 spiro atoms. The lowest BCUT2D eigenvalue weighted by molar-refractivity contribution is 0.544. The SMILES string of the molecule is Br.CCCCCCCCCCCCCCc1ccnc(C)c1C.N. The van der Waals surface area contributed by atoms with Gasteiger partial charge in [-0.2, -0.15) is 0 Å². The van der Waals surface area contributed by atoms with E-state index in [1.54, 1.807) is 0 Å². The molecule has 2 nitrogen and oxygen atoms in total. The normalized spacial score (nSPS) is 10.1. The predicted molar refractivity (Wildman–Crippen MR) is 114 cm³/mol. The maximum atomic E-state index is 4.35. The monoisotopic (exact) mass is 400 g/mol. The van der Waals surface area contributed by atoms with E-state index >= 15 is 0 Å². The molecule has 0 aliphatic carbocycles. The van der Waals surface area contributed by atoms with Crippen LogP contribution in [0.3, 0.4) is 0 Å². The van der Waals surface area contributed by atoms with E-state index in [1.165, 1.54) is 100 Å². The minimum Gasteiger partial charge on any atom is -0.344 e. The zero-order valence-electron chi connectivity index (χ0n) is 16.4. The molecular formula is C21H41BrN2. The number of halogens is 1. The molecule has 1 aromatic rings. The first-order valence-electron chi connectivity index (χ1n) is 9.66. The molecule has 142 valence electrons. The summed E-state index contributed by atoms with van der Waals surface area (Å²) in [5.74, 6) is 0. The maximum Gasteiger partial charge on any atom is 0.0404 e. The van der Waals surface area contributed by atoms with Crippen molar-refractivity contribution in [1.82, 2.24) is 11.1 Å². The van der Waals surface area contributed by atoms with Gasteiger partial charge in [0.05, 0.1) is 0 Å². The van der Waals surface area contributed by atoms with Gasteiger partial charge in [-0.05, 0) is 43.9 Å². The summed E-state index contributed by atoms with van der Waals surface area (Å²) in [5.41, 5.74) is 4.08. The van der Waals surface area contributed by atoms with E-state index in [1.807, 2.05) is 6.20 Å². The molecule has 3 heteroatoms. The largest absolute Gasteiger partial charge is 0.344 e. The van der Waals surface area contributed by atoms with Gasteiger partial charge in [-0.25, -0.2) is 0 Å². The highest BCUT2D eigenvalue weighted by atomic mass is 79.9. The molecule has 0 radical (unpaired) electrons. The van der Waals surface area contributed by atoms with E-state index in [2.05, 4.69) is 31.8 Å². The van der Waals surface area contributed by atoms with E-state index in [0.29, 0.717) is 0 Å². The Kier molecular flexibility index (Phi) is 18.7. The van der Waals surface area contributed by atoms with Crippen LogP contribution in [0.4, 0.5) is 0 Å².